The van der Waals surface area contributed by atoms with Crippen molar-refractivity contribution in [3.63, 3.8) is 0 Å². The van der Waals surface area contributed by atoms with Crippen LogP contribution in [0.25, 0.3) is 0 Å². The van der Waals surface area contributed by atoms with E-state index in [1.807, 2.05) is 6.92 Å². The second-order valence-electron chi connectivity index (χ2n) is 4.25. The van der Waals surface area contributed by atoms with Gasteiger partial charge >= 0.3 is 12.0 Å². The van der Waals surface area contributed by atoms with E-state index in [1.54, 1.807) is 6.92 Å². The Hall–Kier alpha value is -1.79. The van der Waals surface area contributed by atoms with Crippen molar-refractivity contribution in [2.75, 3.05) is 6.54 Å². The van der Waals surface area contributed by atoms with Gasteiger partial charge in [-0.15, -0.1) is 0 Å². The molecule has 7 nitrogen and oxygen atoms in total. The van der Waals surface area contributed by atoms with Gasteiger partial charge in [-0.05, 0) is 13.3 Å². The number of carbonyl (C=O) groups is 3. The molecule has 104 valence electrons. The number of rotatable bonds is 8. The molecule has 0 saturated carbocycles. The van der Waals surface area contributed by atoms with Crippen LogP contribution in [-0.4, -0.2) is 35.6 Å². The SMILES string of the molecule is CCCC(CNC(=O)NC(C)CC(N)=O)C(=O)O. The number of carboxylic acid groups (broad SMARTS) is 1. The van der Waals surface area contributed by atoms with Gasteiger partial charge in [-0.3, -0.25) is 9.59 Å². The second kappa shape index (κ2) is 8.32. The first-order chi connectivity index (χ1) is 8.36. The average molecular weight is 259 g/mol. The van der Waals surface area contributed by atoms with Crippen LogP contribution in [0.4, 0.5) is 4.79 Å². The molecule has 0 aromatic rings. The van der Waals surface area contributed by atoms with Crippen molar-refractivity contribution in [3.8, 4) is 0 Å². The van der Waals surface area contributed by atoms with Gasteiger partial charge in [0.1, 0.15) is 0 Å². The minimum Gasteiger partial charge on any atom is -0.481 e. The van der Waals surface area contributed by atoms with Crippen LogP contribution < -0.4 is 16.4 Å². The molecule has 0 aromatic carbocycles. The van der Waals surface area contributed by atoms with E-state index in [0.717, 1.165) is 6.42 Å². The molecule has 0 bridgehead atoms. The number of nitrogens with two attached hydrogens (primary N) is 1. The Labute approximate surface area is 106 Å². The number of hydrogen-bond donors (Lipinski definition) is 4. The highest BCUT2D eigenvalue weighted by Crippen LogP contribution is 2.04. The quantitative estimate of drug-likeness (QED) is 0.492. The Morgan fingerprint density at radius 2 is 1.94 bits per heavy atom. The maximum atomic E-state index is 11.4. The van der Waals surface area contributed by atoms with Crippen molar-refractivity contribution in [1.82, 2.24) is 10.6 Å². The Morgan fingerprint density at radius 3 is 2.39 bits per heavy atom. The van der Waals surface area contributed by atoms with Crippen molar-refractivity contribution in [2.45, 2.75) is 39.2 Å². The van der Waals surface area contributed by atoms with Crippen molar-refractivity contribution in [2.24, 2.45) is 11.7 Å². The van der Waals surface area contributed by atoms with Crippen LogP contribution in [0, 0.1) is 5.92 Å². The van der Waals surface area contributed by atoms with E-state index in [9.17, 15) is 14.4 Å². The minimum absolute atomic E-state index is 0.0464. The zero-order chi connectivity index (χ0) is 14.1. The summed E-state index contributed by atoms with van der Waals surface area (Å²) < 4.78 is 0. The van der Waals surface area contributed by atoms with E-state index in [4.69, 9.17) is 10.8 Å². The number of aliphatic carboxylic acids is 1. The Balaban J connectivity index is 4.00. The lowest BCUT2D eigenvalue weighted by Crippen LogP contribution is -2.44. The predicted molar refractivity (Wildman–Crippen MR) is 65.8 cm³/mol. The van der Waals surface area contributed by atoms with Crippen LogP contribution in [0.5, 0.6) is 0 Å². The smallest absolute Gasteiger partial charge is 0.315 e. The van der Waals surface area contributed by atoms with E-state index in [1.165, 1.54) is 0 Å². The molecule has 0 fully saturated rings. The maximum absolute atomic E-state index is 11.4. The van der Waals surface area contributed by atoms with E-state index in [0.29, 0.717) is 6.42 Å². The fourth-order valence-corrected chi connectivity index (χ4v) is 1.50. The van der Waals surface area contributed by atoms with Gasteiger partial charge in [0.2, 0.25) is 5.91 Å². The summed E-state index contributed by atoms with van der Waals surface area (Å²) in [6.07, 6.45) is 1.29. The van der Waals surface area contributed by atoms with E-state index < -0.39 is 23.8 Å². The third-order valence-electron chi connectivity index (χ3n) is 2.38. The van der Waals surface area contributed by atoms with Gasteiger partial charge in [0.25, 0.3) is 0 Å². The molecule has 0 rings (SSSR count). The molecule has 2 atom stereocenters. The van der Waals surface area contributed by atoms with Gasteiger partial charge < -0.3 is 21.5 Å². The third kappa shape index (κ3) is 7.48. The molecular weight excluding hydrogens is 238 g/mol. The first-order valence-electron chi connectivity index (χ1n) is 5.92. The van der Waals surface area contributed by atoms with Crippen LogP contribution in [0.3, 0.4) is 0 Å². The maximum Gasteiger partial charge on any atom is 0.315 e. The molecule has 7 heteroatoms. The van der Waals surface area contributed by atoms with Gasteiger partial charge in [0.05, 0.1) is 5.92 Å². The summed E-state index contributed by atoms with van der Waals surface area (Å²) in [5, 5.41) is 13.9. The molecule has 0 saturated heterocycles. The standard InChI is InChI=1S/C11H21N3O4/c1-3-4-8(10(16)17)6-13-11(18)14-7(2)5-9(12)15/h7-8H,3-6H2,1-2H3,(H2,12,15)(H,16,17)(H2,13,14,18). The zero-order valence-corrected chi connectivity index (χ0v) is 10.7. The summed E-state index contributed by atoms with van der Waals surface area (Å²) in [7, 11) is 0. The summed E-state index contributed by atoms with van der Waals surface area (Å²) in [4.78, 5) is 32.8. The summed E-state index contributed by atoms with van der Waals surface area (Å²) in [5.74, 6) is -2.02. The highest BCUT2D eigenvalue weighted by Gasteiger charge is 2.17. The molecule has 0 aromatic heterocycles. The van der Waals surface area contributed by atoms with Gasteiger partial charge in [-0.25, -0.2) is 4.79 Å². The molecule has 3 amide bonds. The lowest BCUT2D eigenvalue weighted by atomic mass is 10.0. The lowest BCUT2D eigenvalue weighted by molar-refractivity contribution is -0.141. The molecule has 0 aliphatic rings. The number of hydrogen-bond acceptors (Lipinski definition) is 3. The largest absolute Gasteiger partial charge is 0.481 e. The number of carbonyl (C=O) groups excluding carboxylic acids is 2. The Kier molecular flexibility index (Phi) is 7.50. The predicted octanol–water partition coefficient (Wildman–Crippen LogP) is 0.0504. The van der Waals surface area contributed by atoms with Crippen LogP contribution in [0.2, 0.25) is 0 Å². The second-order valence-corrected chi connectivity index (χ2v) is 4.25. The number of urea groups is 1. The lowest BCUT2D eigenvalue weighted by Gasteiger charge is -2.15. The minimum atomic E-state index is -0.928. The molecule has 0 aliphatic carbocycles. The summed E-state index contributed by atoms with van der Waals surface area (Å²) >= 11 is 0. The van der Waals surface area contributed by atoms with E-state index >= 15 is 0 Å². The molecule has 18 heavy (non-hydrogen) atoms. The molecule has 0 spiro atoms. The summed E-state index contributed by atoms with van der Waals surface area (Å²) in [6.45, 7) is 3.59. The first kappa shape index (κ1) is 16.2. The van der Waals surface area contributed by atoms with Crippen LogP contribution in [-0.2, 0) is 9.59 Å². The topological polar surface area (TPSA) is 122 Å². The summed E-state index contributed by atoms with van der Waals surface area (Å²) in [6, 6.07) is -0.872. The number of amides is 3. The van der Waals surface area contributed by atoms with Crippen molar-refractivity contribution in [1.29, 1.82) is 0 Å². The average Bonchev–Trinajstić information content (AvgIpc) is 2.22. The number of primary amides is 1. The first-order valence-corrected chi connectivity index (χ1v) is 5.92. The molecule has 5 N–H and O–H groups in total. The van der Waals surface area contributed by atoms with Gasteiger partial charge in [0.15, 0.2) is 0 Å². The molecule has 0 radical (unpaired) electrons. The van der Waals surface area contributed by atoms with Gasteiger partial charge in [0, 0.05) is 19.0 Å². The Morgan fingerprint density at radius 1 is 1.33 bits per heavy atom. The fraction of sp³-hybridized carbons (Fsp3) is 0.727. The molecule has 0 heterocycles. The highest BCUT2D eigenvalue weighted by molar-refractivity contribution is 5.78. The van der Waals surface area contributed by atoms with Crippen molar-refractivity contribution < 1.29 is 19.5 Å². The number of carboxylic acids is 1. The fourth-order valence-electron chi connectivity index (χ4n) is 1.50. The zero-order valence-electron chi connectivity index (χ0n) is 10.7. The third-order valence-corrected chi connectivity index (χ3v) is 2.38. The van der Waals surface area contributed by atoms with Crippen LogP contribution in [0.1, 0.15) is 33.1 Å². The molecular formula is C11H21N3O4. The monoisotopic (exact) mass is 259 g/mol. The van der Waals surface area contributed by atoms with Crippen LogP contribution in [0.15, 0.2) is 0 Å². The summed E-state index contributed by atoms with van der Waals surface area (Å²) in [5.41, 5.74) is 4.98. The highest BCUT2D eigenvalue weighted by atomic mass is 16.4. The van der Waals surface area contributed by atoms with E-state index in [2.05, 4.69) is 10.6 Å². The molecule has 2 unspecified atom stereocenters. The van der Waals surface area contributed by atoms with Gasteiger partial charge in [-0.2, -0.15) is 0 Å². The van der Waals surface area contributed by atoms with E-state index in [-0.39, 0.29) is 19.0 Å². The van der Waals surface area contributed by atoms with Crippen molar-refractivity contribution >= 4 is 17.9 Å². The molecule has 0 aliphatic heterocycles. The van der Waals surface area contributed by atoms with Gasteiger partial charge in [-0.1, -0.05) is 13.3 Å². The van der Waals surface area contributed by atoms with Crippen LogP contribution >= 0.6 is 0 Å². The normalized spacial score (nSPS) is 13.4. The Bertz CT molecular complexity index is 307. The van der Waals surface area contributed by atoms with Crippen molar-refractivity contribution in [3.05, 3.63) is 0 Å². The number of nitrogens with one attached hydrogen (secondary N) is 2.